The normalized spacial score (nSPS) is 11.9. The van der Waals surface area contributed by atoms with Crippen LogP contribution in [0.25, 0.3) is 0 Å². The van der Waals surface area contributed by atoms with Crippen molar-refractivity contribution in [1.82, 2.24) is 0 Å². The van der Waals surface area contributed by atoms with Crippen molar-refractivity contribution in [3.63, 3.8) is 0 Å². The minimum Gasteiger partial charge on any atom is -0.498 e. The molecular weight excluding hydrogens is 384 g/mol. The van der Waals surface area contributed by atoms with Gasteiger partial charge in [-0.3, -0.25) is 0 Å². The highest BCUT2D eigenvalue weighted by Gasteiger charge is 2.00. The van der Waals surface area contributed by atoms with Crippen molar-refractivity contribution >= 4 is 11.9 Å². The standard InChI is InChI=1S/C24H36O6/c1-3-5-7-9-11-13-17-27-19-21-29-23(25)15-16-24(26)30-22-20-28-18-14-12-10-8-6-4-2/h9-18H,3-8,19-22H2,1-2H3. The van der Waals surface area contributed by atoms with Crippen LogP contribution in [-0.2, 0) is 28.5 Å². The Balaban J connectivity index is 3.66. The highest BCUT2D eigenvalue weighted by Crippen LogP contribution is 1.96. The molecule has 0 aliphatic carbocycles. The number of allylic oxidation sites excluding steroid dienone is 6. The van der Waals surface area contributed by atoms with Crippen LogP contribution >= 0.6 is 0 Å². The summed E-state index contributed by atoms with van der Waals surface area (Å²) in [7, 11) is 0. The fourth-order valence-corrected chi connectivity index (χ4v) is 1.94. The average Bonchev–Trinajstić information content (AvgIpc) is 2.75. The molecule has 168 valence electrons. The molecule has 0 aliphatic rings. The second-order valence-corrected chi connectivity index (χ2v) is 6.21. The summed E-state index contributed by atoms with van der Waals surface area (Å²) in [6, 6.07) is 0. The largest absolute Gasteiger partial charge is 0.498 e. The summed E-state index contributed by atoms with van der Waals surface area (Å²) in [6.45, 7) is 4.96. The maximum absolute atomic E-state index is 11.5. The van der Waals surface area contributed by atoms with E-state index in [-0.39, 0.29) is 26.4 Å². The van der Waals surface area contributed by atoms with Gasteiger partial charge in [-0.15, -0.1) is 0 Å². The lowest BCUT2D eigenvalue weighted by Crippen LogP contribution is -2.09. The number of rotatable bonds is 18. The van der Waals surface area contributed by atoms with E-state index in [9.17, 15) is 9.59 Å². The molecule has 0 aromatic carbocycles. The third kappa shape index (κ3) is 21.5. The van der Waals surface area contributed by atoms with Gasteiger partial charge in [0.15, 0.2) is 0 Å². The van der Waals surface area contributed by atoms with Gasteiger partial charge < -0.3 is 18.9 Å². The molecule has 0 radical (unpaired) electrons. The number of esters is 2. The van der Waals surface area contributed by atoms with Gasteiger partial charge in [0.2, 0.25) is 0 Å². The molecule has 0 rings (SSSR count). The Kier molecular flexibility index (Phi) is 20.5. The van der Waals surface area contributed by atoms with Gasteiger partial charge in [-0.2, -0.15) is 0 Å². The van der Waals surface area contributed by atoms with Gasteiger partial charge in [-0.25, -0.2) is 9.59 Å². The van der Waals surface area contributed by atoms with Crippen LogP contribution < -0.4 is 0 Å². The van der Waals surface area contributed by atoms with E-state index in [0.29, 0.717) is 0 Å². The van der Waals surface area contributed by atoms with Crippen molar-refractivity contribution in [2.24, 2.45) is 0 Å². The van der Waals surface area contributed by atoms with Crippen molar-refractivity contribution in [3.05, 3.63) is 61.1 Å². The lowest BCUT2D eigenvalue weighted by atomic mass is 10.2. The summed E-state index contributed by atoms with van der Waals surface area (Å²) in [6.07, 6.45) is 23.5. The van der Waals surface area contributed by atoms with Crippen LogP contribution in [-0.4, -0.2) is 38.4 Å². The number of ether oxygens (including phenoxy) is 4. The minimum atomic E-state index is -0.631. The van der Waals surface area contributed by atoms with Crippen LogP contribution in [0.3, 0.4) is 0 Å². The quantitative estimate of drug-likeness (QED) is 0.1000. The fourth-order valence-electron chi connectivity index (χ4n) is 1.94. The zero-order chi connectivity index (χ0) is 22.1. The predicted molar refractivity (Wildman–Crippen MR) is 119 cm³/mol. The van der Waals surface area contributed by atoms with Gasteiger partial charge in [0.1, 0.15) is 26.4 Å². The van der Waals surface area contributed by atoms with Gasteiger partial charge in [0.05, 0.1) is 12.5 Å². The van der Waals surface area contributed by atoms with E-state index >= 15 is 0 Å². The Morgan fingerprint density at radius 3 is 1.47 bits per heavy atom. The Labute approximate surface area is 180 Å². The second-order valence-electron chi connectivity index (χ2n) is 6.21. The summed E-state index contributed by atoms with van der Waals surface area (Å²) >= 11 is 0. The monoisotopic (exact) mass is 420 g/mol. The first kappa shape index (κ1) is 27.2. The molecule has 0 unspecified atom stereocenters. The molecule has 30 heavy (non-hydrogen) atoms. The van der Waals surface area contributed by atoms with Gasteiger partial charge in [0.25, 0.3) is 0 Å². The van der Waals surface area contributed by atoms with Gasteiger partial charge in [-0.1, -0.05) is 63.8 Å². The predicted octanol–water partition coefficient (Wildman–Crippen LogP) is 5.18. The van der Waals surface area contributed by atoms with E-state index in [1.165, 1.54) is 25.7 Å². The molecule has 0 N–H and O–H groups in total. The van der Waals surface area contributed by atoms with Crippen LogP contribution in [0.5, 0.6) is 0 Å². The topological polar surface area (TPSA) is 71.1 Å². The van der Waals surface area contributed by atoms with Gasteiger partial charge >= 0.3 is 11.9 Å². The van der Waals surface area contributed by atoms with E-state index in [2.05, 4.69) is 26.0 Å². The molecule has 0 amide bonds. The smallest absolute Gasteiger partial charge is 0.331 e. The van der Waals surface area contributed by atoms with Crippen molar-refractivity contribution in [3.8, 4) is 0 Å². The highest BCUT2D eigenvalue weighted by atomic mass is 16.6. The molecule has 0 atom stereocenters. The molecule has 0 bridgehead atoms. The van der Waals surface area contributed by atoms with E-state index < -0.39 is 11.9 Å². The molecule has 0 fully saturated rings. The Hall–Kier alpha value is -2.76. The zero-order valence-corrected chi connectivity index (χ0v) is 18.3. The molecule has 0 spiro atoms. The second kappa shape index (κ2) is 22.5. The summed E-state index contributed by atoms with van der Waals surface area (Å²) in [5.74, 6) is -1.26. The van der Waals surface area contributed by atoms with Crippen molar-refractivity contribution in [2.75, 3.05) is 26.4 Å². The highest BCUT2D eigenvalue weighted by molar-refractivity contribution is 5.91. The van der Waals surface area contributed by atoms with E-state index in [1.54, 1.807) is 24.7 Å². The molecule has 0 aliphatic heterocycles. The molecule has 0 aromatic heterocycles. The summed E-state index contributed by atoms with van der Waals surface area (Å²) < 4.78 is 20.2. The first-order valence-electron chi connectivity index (χ1n) is 10.6. The molecule has 0 heterocycles. The summed E-state index contributed by atoms with van der Waals surface area (Å²) in [5, 5.41) is 0. The van der Waals surface area contributed by atoms with Gasteiger partial charge in [-0.05, 0) is 25.0 Å². The molecule has 6 nitrogen and oxygen atoms in total. The third-order valence-corrected chi connectivity index (χ3v) is 3.54. The summed E-state index contributed by atoms with van der Waals surface area (Å²) in [5.41, 5.74) is 0. The number of carbonyl (C=O) groups is 2. The molecular formula is C24H36O6. The number of hydrogen-bond acceptors (Lipinski definition) is 6. The van der Waals surface area contributed by atoms with Crippen LogP contribution in [0.15, 0.2) is 61.1 Å². The van der Waals surface area contributed by atoms with Gasteiger partial charge in [0, 0.05) is 12.2 Å². The third-order valence-electron chi connectivity index (χ3n) is 3.54. The Morgan fingerprint density at radius 2 is 1.07 bits per heavy atom. The van der Waals surface area contributed by atoms with Crippen LogP contribution in [0.2, 0.25) is 0 Å². The Bertz CT molecular complexity index is 522. The summed E-state index contributed by atoms with van der Waals surface area (Å²) in [4.78, 5) is 23.0. The van der Waals surface area contributed by atoms with Crippen molar-refractivity contribution in [1.29, 1.82) is 0 Å². The molecule has 0 aromatic rings. The first-order chi connectivity index (χ1) is 14.7. The van der Waals surface area contributed by atoms with Crippen molar-refractivity contribution in [2.45, 2.75) is 52.4 Å². The number of carbonyl (C=O) groups excluding carboxylic acids is 2. The molecule has 0 saturated heterocycles. The maximum atomic E-state index is 11.5. The average molecular weight is 421 g/mol. The van der Waals surface area contributed by atoms with E-state index in [4.69, 9.17) is 18.9 Å². The Morgan fingerprint density at radius 1 is 0.633 bits per heavy atom. The van der Waals surface area contributed by atoms with Crippen LogP contribution in [0.4, 0.5) is 0 Å². The first-order valence-corrected chi connectivity index (χ1v) is 10.6. The van der Waals surface area contributed by atoms with E-state index in [0.717, 1.165) is 25.0 Å². The maximum Gasteiger partial charge on any atom is 0.331 e. The molecule has 6 heteroatoms. The lowest BCUT2D eigenvalue weighted by molar-refractivity contribution is -0.141. The number of unbranched alkanes of at least 4 members (excludes halogenated alkanes) is 4. The van der Waals surface area contributed by atoms with Crippen molar-refractivity contribution < 1.29 is 28.5 Å². The minimum absolute atomic E-state index is 0.0924. The SMILES string of the molecule is CCCCC=CC=COCCOC(=O)C=CC(=O)OCCOC=CC=CCCCC. The van der Waals surface area contributed by atoms with Crippen LogP contribution in [0, 0.1) is 0 Å². The molecule has 0 saturated carbocycles. The zero-order valence-electron chi connectivity index (χ0n) is 18.3. The van der Waals surface area contributed by atoms with Crippen LogP contribution in [0.1, 0.15) is 52.4 Å². The lowest BCUT2D eigenvalue weighted by Gasteiger charge is -2.02. The van der Waals surface area contributed by atoms with E-state index in [1.807, 2.05) is 12.2 Å². The fraction of sp³-hybridized carbons (Fsp3) is 0.500. The number of hydrogen-bond donors (Lipinski definition) is 0.